The number of hydrogen-bond donors (Lipinski definition) is 1. The Hall–Kier alpha value is -2.73. The van der Waals surface area contributed by atoms with Crippen LogP contribution in [0.15, 0.2) is 72.8 Å². The van der Waals surface area contributed by atoms with Crippen molar-refractivity contribution >= 4 is 45.6 Å². The van der Waals surface area contributed by atoms with Gasteiger partial charge in [-0.25, -0.2) is 0 Å². The maximum absolute atomic E-state index is 12.5. The predicted octanol–water partition coefficient (Wildman–Crippen LogP) is 6.43. The first-order chi connectivity index (χ1) is 13.6. The van der Waals surface area contributed by atoms with E-state index in [0.29, 0.717) is 25.7 Å². The van der Waals surface area contributed by atoms with Gasteiger partial charge in [0.2, 0.25) is 5.13 Å². The fourth-order valence-corrected chi connectivity index (χ4v) is 3.99. The molecule has 1 aromatic heterocycles. The van der Waals surface area contributed by atoms with E-state index < -0.39 is 0 Å². The van der Waals surface area contributed by atoms with E-state index in [0.717, 1.165) is 16.7 Å². The number of rotatable bonds is 4. The minimum Gasteiger partial charge on any atom is -0.296 e. The number of carbonyl (C=O) groups excluding carboxylic acids is 1. The molecule has 0 saturated carbocycles. The van der Waals surface area contributed by atoms with Crippen LogP contribution in [-0.2, 0) is 0 Å². The first kappa shape index (κ1) is 18.6. The third-order valence-electron chi connectivity index (χ3n) is 4.06. The first-order valence-electron chi connectivity index (χ1n) is 8.36. The van der Waals surface area contributed by atoms with Crippen LogP contribution in [0.2, 0.25) is 10.0 Å². The van der Waals surface area contributed by atoms with Crippen molar-refractivity contribution in [1.82, 2.24) is 10.2 Å². The van der Waals surface area contributed by atoms with Gasteiger partial charge in [0.05, 0.1) is 5.02 Å². The van der Waals surface area contributed by atoms with Crippen LogP contribution in [0.5, 0.6) is 0 Å². The van der Waals surface area contributed by atoms with Gasteiger partial charge in [0.1, 0.15) is 0 Å². The van der Waals surface area contributed by atoms with Gasteiger partial charge in [0.25, 0.3) is 5.91 Å². The Balaban J connectivity index is 1.49. The van der Waals surface area contributed by atoms with Crippen LogP contribution >= 0.6 is 34.5 Å². The number of carbonyl (C=O) groups is 1. The molecule has 4 rings (SSSR count). The first-order valence-corrected chi connectivity index (χ1v) is 9.93. The highest BCUT2D eigenvalue weighted by Gasteiger charge is 2.13. The van der Waals surface area contributed by atoms with Crippen molar-refractivity contribution in [2.24, 2.45) is 0 Å². The highest BCUT2D eigenvalue weighted by Crippen LogP contribution is 2.33. The van der Waals surface area contributed by atoms with E-state index in [1.807, 2.05) is 42.5 Å². The monoisotopic (exact) mass is 425 g/mol. The molecule has 0 saturated heterocycles. The highest BCUT2D eigenvalue weighted by molar-refractivity contribution is 7.18. The van der Waals surface area contributed by atoms with E-state index in [4.69, 9.17) is 23.2 Å². The van der Waals surface area contributed by atoms with Crippen molar-refractivity contribution in [3.63, 3.8) is 0 Å². The Kier molecular flexibility index (Phi) is 5.39. The Morgan fingerprint density at radius 2 is 1.57 bits per heavy atom. The van der Waals surface area contributed by atoms with E-state index >= 15 is 0 Å². The van der Waals surface area contributed by atoms with Gasteiger partial charge in [-0.15, -0.1) is 10.2 Å². The predicted molar refractivity (Wildman–Crippen MR) is 115 cm³/mol. The lowest BCUT2D eigenvalue weighted by molar-refractivity contribution is 0.102. The zero-order valence-electron chi connectivity index (χ0n) is 14.4. The van der Waals surface area contributed by atoms with Crippen LogP contribution < -0.4 is 5.32 Å². The second kappa shape index (κ2) is 8.10. The normalized spacial score (nSPS) is 10.6. The van der Waals surface area contributed by atoms with Gasteiger partial charge >= 0.3 is 0 Å². The standard InChI is InChI=1S/C21H13Cl2N3OS/c22-16-10-11-17(18(23)12-16)20-25-26-21(28-20)24-19(27)15-8-6-14(7-9-15)13-4-2-1-3-5-13/h1-12H,(H,24,26,27). The SMILES string of the molecule is O=C(Nc1nnc(-c2ccc(Cl)cc2Cl)s1)c1ccc(-c2ccccc2)cc1. The molecule has 0 aliphatic carbocycles. The van der Waals surface area contributed by atoms with Crippen molar-refractivity contribution in [3.8, 4) is 21.7 Å². The van der Waals surface area contributed by atoms with Crippen LogP contribution in [0, 0.1) is 0 Å². The van der Waals surface area contributed by atoms with Crippen molar-refractivity contribution < 1.29 is 4.79 Å². The van der Waals surface area contributed by atoms with Gasteiger partial charge in [0, 0.05) is 16.1 Å². The maximum atomic E-state index is 12.5. The van der Waals surface area contributed by atoms with E-state index in [9.17, 15) is 4.79 Å². The molecule has 138 valence electrons. The third kappa shape index (κ3) is 4.07. The molecular weight excluding hydrogens is 413 g/mol. The van der Waals surface area contributed by atoms with Crippen LogP contribution in [0.4, 0.5) is 5.13 Å². The van der Waals surface area contributed by atoms with E-state index in [1.54, 1.807) is 30.3 Å². The summed E-state index contributed by atoms with van der Waals surface area (Å²) in [6.45, 7) is 0. The number of nitrogens with one attached hydrogen (secondary N) is 1. The van der Waals surface area contributed by atoms with Crippen LogP contribution in [0.25, 0.3) is 21.7 Å². The Labute approximate surface area is 175 Å². The number of nitrogens with zero attached hydrogens (tertiary/aromatic N) is 2. The quantitative estimate of drug-likeness (QED) is 0.409. The smallest absolute Gasteiger partial charge is 0.257 e. The van der Waals surface area contributed by atoms with Gasteiger partial charge in [0.15, 0.2) is 5.01 Å². The van der Waals surface area contributed by atoms with Gasteiger partial charge in [-0.1, -0.05) is 77.0 Å². The summed E-state index contributed by atoms with van der Waals surface area (Å²) < 4.78 is 0. The highest BCUT2D eigenvalue weighted by atomic mass is 35.5. The summed E-state index contributed by atoms with van der Waals surface area (Å²) in [6.07, 6.45) is 0. The van der Waals surface area contributed by atoms with Crippen molar-refractivity contribution in [1.29, 1.82) is 0 Å². The molecule has 1 N–H and O–H groups in total. The number of benzene rings is 3. The van der Waals surface area contributed by atoms with Crippen molar-refractivity contribution in [3.05, 3.63) is 88.4 Å². The number of amides is 1. The maximum Gasteiger partial charge on any atom is 0.257 e. The molecule has 0 atom stereocenters. The lowest BCUT2D eigenvalue weighted by Crippen LogP contribution is -2.11. The summed E-state index contributed by atoms with van der Waals surface area (Å²) in [5, 5.41) is 13.0. The Morgan fingerprint density at radius 1 is 0.857 bits per heavy atom. The van der Waals surface area contributed by atoms with Gasteiger partial charge in [-0.05, 0) is 41.5 Å². The van der Waals surface area contributed by atoms with Gasteiger partial charge < -0.3 is 0 Å². The molecule has 0 aliphatic heterocycles. The molecule has 0 unspecified atom stereocenters. The largest absolute Gasteiger partial charge is 0.296 e. The zero-order chi connectivity index (χ0) is 19.5. The molecule has 0 radical (unpaired) electrons. The van der Waals surface area contributed by atoms with E-state index in [2.05, 4.69) is 15.5 Å². The molecule has 28 heavy (non-hydrogen) atoms. The minimum atomic E-state index is -0.246. The summed E-state index contributed by atoms with van der Waals surface area (Å²) in [7, 11) is 0. The van der Waals surface area contributed by atoms with Gasteiger partial charge in [-0.2, -0.15) is 0 Å². The topological polar surface area (TPSA) is 54.9 Å². The summed E-state index contributed by atoms with van der Waals surface area (Å²) in [6, 6.07) is 22.6. The zero-order valence-corrected chi connectivity index (χ0v) is 16.7. The number of hydrogen-bond acceptors (Lipinski definition) is 4. The van der Waals surface area contributed by atoms with Crippen LogP contribution in [0.1, 0.15) is 10.4 Å². The molecular formula is C21H13Cl2N3OS. The molecule has 0 fully saturated rings. The number of halogens is 2. The number of aromatic nitrogens is 2. The molecule has 1 heterocycles. The Morgan fingerprint density at radius 3 is 2.29 bits per heavy atom. The summed E-state index contributed by atoms with van der Waals surface area (Å²) in [5.74, 6) is -0.246. The average molecular weight is 426 g/mol. The molecule has 0 spiro atoms. The summed E-state index contributed by atoms with van der Waals surface area (Å²) in [4.78, 5) is 12.5. The molecule has 4 nitrogen and oxygen atoms in total. The Bertz CT molecular complexity index is 1130. The van der Waals surface area contributed by atoms with Crippen LogP contribution in [-0.4, -0.2) is 16.1 Å². The molecule has 1 amide bonds. The fourth-order valence-electron chi connectivity index (χ4n) is 2.66. The fraction of sp³-hybridized carbons (Fsp3) is 0. The average Bonchev–Trinajstić information content (AvgIpc) is 3.17. The lowest BCUT2D eigenvalue weighted by atomic mass is 10.0. The number of anilines is 1. The lowest BCUT2D eigenvalue weighted by Gasteiger charge is -2.04. The summed E-state index contributed by atoms with van der Waals surface area (Å²) >= 11 is 13.4. The molecule has 0 aliphatic rings. The van der Waals surface area contributed by atoms with Gasteiger partial charge in [-0.3, -0.25) is 10.1 Å². The van der Waals surface area contributed by atoms with Crippen molar-refractivity contribution in [2.75, 3.05) is 5.32 Å². The molecule has 3 aromatic carbocycles. The third-order valence-corrected chi connectivity index (χ3v) is 5.48. The van der Waals surface area contributed by atoms with Crippen LogP contribution in [0.3, 0.4) is 0 Å². The summed E-state index contributed by atoms with van der Waals surface area (Å²) in [5.41, 5.74) is 3.41. The van der Waals surface area contributed by atoms with E-state index in [1.165, 1.54) is 11.3 Å². The molecule has 4 aromatic rings. The van der Waals surface area contributed by atoms with Crippen molar-refractivity contribution in [2.45, 2.75) is 0 Å². The minimum absolute atomic E-state index is 0.246. The second-order valence-corrected chi connectivity index (χ2v) is 7.76. The molecule has 0 bridgehead atoms. The molecule has 7 heteroatoms. The second-order valence-electron chi connectivity index (χ2n) is 5.93. The van der Waals surface area contributed by atoms with E-state index in [-0.39, 0.29) is 5.91 Å².